The first-order valence-corrected chi connectivity index (χ1v) is 7.33. The van der Waals surface area contributed by atoms with Gasteiger partial charge in [0.05, 0.1) is 0 Å². The van der Waals surface area contributed by atoms with Gasteiger partial charge in [0, 0.05) is 11.3 Å². The number of carbonyl (C=O) groups excluding carboxylic acids is 1. The molecular weight excluding hydrogens is 290 g/mol. The van der Waals surface area contributed by atoms with Crippen LogP contribution in [0.2, 0.25) is 0 Å². The van der Waals surface area contributed by atoms with Crippen LogP contribution in [0.15, 0.2) is 48.5 Å². The van der Waals surface area contributed by atoms with E-state index in [4.69, 9.17) is 0 Å². The Kier molecular flexibility index (Phi) is 4.14. The monoisotopic (exact) mass is 307 g/mol. The zero-order chi connectivity index (χ0) is 16.2. The van der Waals surface area contributed by atoms with Crippen LogP contribution in [0.4, 0.5) is 5.69 Å². The zero-order valence-electron chi connectivity index (χ0n) is 13.0. The van der Waals surface area contributed by atoms with E-state index in [1.165, 1.54) is 4.80 Å². The second-order valence-electron chi connectivity index (χ2n) is 5.32. The number of nitrogens with one attached hydrogen (secondary N) is 1. The first kappa shape index (κ1) is 14.9. The van der Waals surface area contributed by atoms with Crippen molar-refractivity contribution < 1.29 is 4.79 Å². The number of carbonyl (C=O) groups is 1. The molecule has 0 bridgehead atoms. The smallest absolute Gasteiger partial charge is 0.248 e. The Morgan fingerprint density at radius 3 is 2.43 bits per heavy atom. The largest absolute Gasteiger partial charge is 0.324 e. The van der Waals surface area contributed by atoms with Gasteiger partial charge in [-0.15, -0.1) is 10.2 Å². The molecule has 23 heavy (non-hydrogen) atoms. The topological polar surface area (TPSA) is 72.7 Å². The van der Waals surface area contributed by atoms with Crippen LogP contribution in [0.25, 0.3) is 11.4 Å². The Balaban J connectivity index is 1.70. The van der Waals surface area contributed by atoms with Crippen molar-refractivity contribution in [3.8, 4) is 11.4 Å². The number of nitrogens with zero attached hydrogens (tertiary/aromatic N) is 4. The lowest BCUT2D eigenvalue weighted by atomic mass is 10.1. The third kappa shape index (κ3) is 3.42. The maximum absolute atomic E-state index is 12.2. The molecule has 1 amide bonds. The third-order valence-electron chi connectivity index (χ3n) is 3.52. The maximum atomic E-state index is 12.2. The van der Waals surface area contributed by atoms with E-state index in [1.54, 1.807) is 0 Å². The minimum Gasteiger partial charge on any atom is -0.324 e. The van der Waals surface area contributed by atoms with E-state index in [-0.39, 0.29) is 12.5 Å². The lowest BCUT2D eigenvalue weighted by Crippen LogP contribution is -2.21. The summed E-state index contributed by atoms with van der Waals surface area (Å²) in [7, 11) is 0. The molecule has 0 spiro atoms. The Labute approximate surface area is 134 Å². The van der Waals surface area contributed by atoms with E-state index in [9.17, 15) is 4.79 Å². The molecule has 6 nitrogen and oxygen atoms in total. The van der Waals surface area contributed by atoms with Crippen molar-refractivity contribution >= 4 is 11.6 Å². The standard InChI is InChI=1S/C17H17N5O/c1-12-7-6-8-13(2)16(12)18-15(23)11-22-20-17(19-21-22)14-9-4-3-5-10-14/h3-10H,11H2,1-2H3,(H,18,23). The molecule has 1 aromatic heterocycles. The summed E-state index contributed by atoms with van der Waals surface area (Å²) < 4.78 is 0. The van der Waals surface area contributed by atoms with Crippen LogP contribution < -0.4 is 5.32 Å². The van der Waals surface area contributed by atoms with Crippen molar-refractivity contribution in [1.82, 2.24) is 20.2 Å². The van der Waals surface area contributed by atoms with Gasteiger partial charge in [0.25, 0.3) is 0 Å². The minimum atomic E-state index is -0.181. The average molecular weight is 307 g/mol. The normalized spacial score (nSPS) is 10.5. The lowest BCUT2D eigenvalue weighted by Gasteiger charge is -2.10. The van der Waals surface area contributed by atoms with Crippen molar-refractivity contribution in [2.45, 2.75) is 20.4 Å². The van der Waals surface area contributed by atoms with Crippen LogP contribution >= 0.6 is 0 Å². The third-order valence-corrected chi connectivity index (χ3v) is 3.52. The number of aromatic nitrogens is 4. The molecular formula is C17H17N5O. The Morgan fingerprint density at radius 1 is 1.04 bits per heavy atom. The van der Waals surface area contributed by atoms with E-state index < -0.39 is 0 Å². The number of rotatable bonds is 4. The first-order valence-electron chi connectivity index (χ1n) is 7.33. The summed E-state index contributed by atoms with van der Waals surface area (Å²) in [6, 6.07) is 15.4. The van der Waals surface area contributed by atoms with Crippen LogP contribution in [0.3, 0.4) is 0 Å². The van der Waals surface area contributed by atoms with Gasteiger partial charge >= 0.3 is 0 Å². The van der Waals surface area contributed by atoms with Gasteiger partial charge in [-0.2, -0.15) is 4.80 Å². The Bertz CT molecular complexity index is 806. The van der Waals surface area contributed by atoms with E-state index in [1.807, 2.05) is 62.4 Å². The van der Waals surface area contributed by atoms with E-state index in [2.05, 4.69) is 20.7 Å². The molecule has 0 radical (unpaired) electrons. The molecule has 0 aliphatic heterocycles. The zero-order valence-corrected chi connectivity index (χ0v) is 13.0. The van der Waals surface area contributed by atoms with Gasteiger partial charge in [0.1, 0.15) is 6.54 Å². The molecule has 0 atom stereocenters. The summed E-state index contributed by atoms with van der Waals surface area (Å²) in [5.74, 6) is 0.324. The van der Waals surface area contributed by atoms with E-state index in [0.29, 0.717) is 5.82 Å². The maximum Gasteiger partial charge on any atom is 0.248 e. The van der Waals surface area contributed by atoms with E-state index in [0.717, 1.165) is 22.4 Å². The summed E-state index contributed by atoms with van der Waals surface area (Å²) >= 11 is 0. The summed E-state index contributed by atoms with van der Waals surface area (Å²) in [4.78, 5) is 13.5. The van der Waals surface area contributed by atoms with Crippen LogP contribution in [0.5, 0.6) is 0 Å². The fourth-order valence-corrected chi connectivity index (χ4v) is 2.33. The molecule has 6 heteroatoms. The number of benzene rings is 2. The molecule has 0 saturated heterocycles. The van der Waals surface area contributed by atoms with Gasteiger partial charge in [-0.05, 0) is 30.2 Å². The molecule has 0 fully saturated rings. The van der Waals surface area contributed by atoms with Crippen molar-refractivity contribution in [2.75, 3.05) is 5.32 Å². The quantitative estimate of drug-likeness (QED) is 0.804. The van der Waals surface area contributed by atoms with Crippen molar-refractivity contribution in [1.29, 1.82) is 0 Å². The highest BCUT2D eigenvalue weighted by atomic mass is 16.2. The SMILES string of the molecule is Cc1cccc(C)c1NC(=O)Cn1nnc(-c2ccccc2)n1. The fourth-order valence-electron chi connectivity index (χ4n) is 2.33. The van der Waals surface area contributed by atoms with Crippen molar-refractivity contribution in [3.63, 3.8) is 0 Å². The van der Waals surface area contributed by atoms with Gasteiger partial charge in [-0.3, -0.25) is 4.79 Å². The van der Waals surface area contributed by atoms with Crippen LogP contribution in [-0.4, -0.2) is 26.1 Å². The molecule has 0 aliphatic carbocycles. The summed E-state index contributed by atoms with van der Waals surface area (Å²) in [6.07, 6.45) is 0. The average Bonchev–Trinajstić information content (AvgIpc) is 3.00. The molecule has 1 heterocycles. The lowest BCUT2D eigenvalue weighted by molar-refractivity contribution is -0.117. The molecule has 3 rings (SSSR count). The molecule has 0 saturated carbocycles. The van der Waals surface area contributed by atoms with Crippen LogP contribution in [0.1, 0.15) is 11.1 Å². The number of anilines is 1. The second kappa shape index (κ2) is 6.39. The van der Waals surface area contributed by atoms with E-state index >= 15 is 0 Å². The van der Waals surface area contributed by atoms with Gasteiger partial charge < -0.3 is 5.32 Å². The Hall–Kier alpha value is -3.02. The highest BCUT2D eigenvalue weighted by Crippen LogP contribution is 2.19. The van der Waals surface area contributed by atoms with Crippen molar-refractivity contribution in [2.24, 2.45) is 0 Å². The number of aryl methyl sites for hydroxylation is 2. The van der Waals surface area contributed by atoms with Crippen LogP contribution in [-0.2, 0) is 11.3 Å². The minimum absolute atomic E-state index is 0.0214. The van der Waals surface area contributed by atoms with Gasteiger partial charge in [0.15, 0.2) is 0 Å². The van der Waals surface area contributed by atoms with Gasteiger partial charge in [-0.1, -0.05) is 48.5 Å². The van der Waals surface area contributed by atoms with Gasteiger partial charge in [0.2, 0.25) is 11.7 Å². The molecule has 0 unspecified atom stereocenters. The van der Waals surface area contributed by atoms with Crippen LogP contribution in [0, 0.1) is 13.8 Å². The highest BCUT2D eigenvalue weighted by molar-refractivity contribution is 5.92. The molecule has 2 aromatic carbocycles. The molecule has 116 valence electrons. The number of hydrogen-bond donors (Lipinski definition) is 1. The summed E-state index contributed by atoms with van der Waals surface area (Å²) in [5.41, 5.74) is 3.75. The predicted molar refractivity (Wildman–Crippen MR) is 87.8 cm³/mol. The number of amides is 1. The first-order chi connectivity index (χ1) is 11.1. The summed E-state index contributed by atoms with van der Waals surface area (Å²) in [6.45, 7) is 3.95. The number of tetrazole rings is 1. The number of para-hydroxylation sites is 1. The molecule has 3 aromatic rings. The van der Waals surface area contributed by atoms with Gasteiger partial charge in [-0.25, -0.2) is 0 Å². The summed E-state index contributed by atoms with van der Waals surface area (Å²) in [5, 5.41) is 15.1. The Morgan fingerprint density at radius 2 is 1.74 bits per heavy atom. The van der Waals surface area contributed by atoms with Crippen molar-refractivity contribution in [3.05, 3.63) is 59.7 Å². The molecule has 0 aliphatic rings. The number of hydrogen-bond acceptors (Lipinski definition) is 4. The second-order valence-corrected chi connectivity index (χ2v) is 5.32. The predicted octanol–water partition coefficient (Wildman–Crippen LogP) is 2.60. The highest BCUT2D eigenvalue weighted by Gasteiger charge is 2.11. The molecule has 1 N–H and O–H groups in total. The fraction of sp³-hybridized carbons (Fsp3) is 0.176.